The Morgan fingerprint density at radius 1 is 0.312 bits per heavy atom. The summed E-state index contributed by atoms with van der Waals surface area (Å²) >= 11 is 0. The van der Waals surface area contributed by atoms with Crippen LogP contribution in [0.5, 0.6) is 0 Å². The lowest BCUT2D eigenvalue weighted by Gasteiger charge is -2.34. The van der Waals surface area contributed by atoms with Crippen molar-refractivity contribution in [2.24, 2.45) is 0 Å². The van der Waals surface area contributed by atoms with Gasteiger partial charge < -0.3 is 4.90 Å². The maximum absolute atomic E-state index is 2.35. The van der Waals surface area contributed by atoms with E-state index in [2.05, 4.69) is 205 Å². The Morgan fingerprint density at radius 2 is 0.771 bits per heavy atom. The number of anilines is 3. The lowest BCUT2D eigenvalue weighted by atomic mass is 9.68. The van der Waals surface area contributed by atoms with Gasteiger partial charge in [0, 0.05) is 17.1 Å². The molecule has 9 rings (SSSR count). The second kappa shape index (κ2) is 11.6. The van der Waals surface area contributed by atoms with Crippen LogP contribution in [-0.2, 0) is 5.41 Å². The van der Waals surface area contributed by atoms with Gasteiger partial charge in [-0.1, -0.05) is 164 Å². The molecule has 0 radical (unpaired) electrons. The van der Waals surface area contributed by atoms with Gasteiger partial charge in [-0.2, -0.15) is 0 Å². The zero-order valence-electron chi connectivity index (χ0n) is 26.5. The van der Waals surface area contributed by atoms with Gasteiger partial charge in [0.2, 0.25) is 0 Å². The Balaban J connectivity index is 1.17. The summed E-state index contributed by atoms with van der Waals surface area (Å²) in [5.41, 5.74) is 13.2. The summed E-state index contributed by atoms with van der Waals surface area (Å²) in [6.07, 6.45) is 0. The summed E-state index contributed by atoms with van der Waals surface area (Å²) in [4.78, 5) is 2.35. The van der Waals surface area contributed by atoms with Crippen LogP contribution in [0.3, 0.4) is 0 Å². The SMILES string of the molecule is c1ccc(N(c2ccc(-c3cccc4ccccc34)cc2)c2ccc(C3(c4ccccc4)c4ccccc4-c4ccccc43)cc2)cc1. The smallest absolute Gasteiger partial charge is 0.0713 e. The first kappa shape index (κ1) is 28.1. The van der Waals surface area contributed by atoms with Crippen LogP contribution < -0.4 is 4.90 Å². The van der Waals surface area contributed by atoms with Crippen LogP contribution in [0.15, 0.2) is 200 Å². The lowest BCUT2D eigenvalue weighted by Crippen LogP contribution is -2.28. The van der Waals surface area contributed by atoms with Crippen LogP contribution in [0.2, 0.25) is 0 Å². The number of benzene rings is 8. The third-order valence-electron chi connectivity index (χ3n) is 9.96. The first-order chi connectivity index (χ1) is 23.8. The molecule has 1 heteroatoms. The molecule has 8 aromatic carbocycles. The largest absolute Gasteiger partial charge is 0.311 e. The number of hydrogen-bond donors (Lipinski definition) is 0. The van der Waals surface area contributed by atoms with Crippen molar-refractivity contribution in [3.63, 3.8) is 0 Å². The van der Waals surface area contributed by atoms with E-state index in [-0.39, 0.29) is 0 Å². The van der Waals surface area contributed by atoms with Crippen molar-refractivity contribution in [2.45, 2.75) is 5.41 Å². The summed E-state index contributed by atoms with van der Waals surface area (Å²) in [5, 5.41) is 2.52. The van der Waals surface area contributed by atoms with Crippen molar-refractivity contribution < 1.29 is 0 Å². The molecule has 1 aliphatic carbocycles. The van der Waals surface area contributed by atoms with Crippen LogP contribution >= 0.6 is 0 Å². The van der Waals surface area contributed by atoms with Gasteiger partial charge >= 0.3 is 0 Å². The van der Waals surface area contributed by atoms with Crippen molar-refractivity contribution in [2.75, 3.05) is 4.90 Å². The molecule has 0 fully saturated rings. The molecule has 0 spiro atoms. The standard InChI is InChI=1S/C47H33N/c1-3-16-36(17-4-1)47(45-24-11-9-21-43(45)44-22-10-12-25-46(44)47)37-28-32-40(33-29-37)48(38-18-5-2-6-19-38)39-30-26-35(27-31-39)42-23-13-15-34-14-7-8-20-41(34)42/h1-33H. The topological polar surface area (TPSA) is 3.24 Å². The molecule has 0 aromatic heterocycles. The average Bonchev–Trinajstić information content (AvgIpc) is 3.47. The van der Waals surface area contributed by atoms with Crippen LogP contribution in [0.1, 0.15) is 22.3 Å². The number of hydrogen-bond acceptors (Lipinski definition) is 1. The summed E-state index contributed by atoms with van der Waals surface area (Å²) in [6, 6.07) is 72.8. The van der Waals surface area contributed by atoms with Gasteiger partial charge in [-0.3, -0.25) is 0 Å². The van der Waals surface area contributed by atoms with Crippen LogP contribution in [0, 0.1) is 0 Å². The zero-order chi connectivity index (χ0) is 31.9. The van der Waals surface area contributed by atoms with Crippen molar-refractivity contribution in [1.29, 1.82) is 0 Å². The minimum Gasteiger partial charge on any atom is -0.311 e. The van der Waals surface area contributed by atoms with Crippen LogP contribution in [0.25, 0.3) is 33.0 Å². The van der Waals surface area contributed by atoms with Gasteiger partial charge in [0.1, 0.15) is 0 Å². The molecule has 0 amide bonds. The summed E-state index contributed by atoms with van der Waals surface area (Å²) < 4.78 is 0. The van der Waals surface area contributed by atoms with Gasteiger partial charge in [-0.15, -0.1) is 0 Å². The fraction of sp³-hybridized carbons (Fsp3) is 0.0213. The predicted octanol–water partition coefficient (Wildman–Crippen LogP) is 12.3. The van der Waals surface area contributed by atoms with Gasteiger partial charge in [0.15, 0.2) is 0 Å². The molecule has 0 saturated carbocycles. The Morgan fingerprint density at radius 3 is 1.44 bits per heavy atom. The molecule has 48 heavy (non-hydrogen) atoms. The van der Waals surface area contributed by atoms with Crippen LogP contribution in [-0.4, -0.2) is 0 Å². The van der Waals surface area contributed by atoms with Gasteiger partial charge in [0.05, 0.1) is 5.41 Å². The third-order valence-corrected chi connectivity index (χ3v) is 9.96. The second-order valence-corrected chi connectivity index (χ2v) is 12.5. The van der Waals surface area contributed by atoms with Gasteiger partial charge in [-0.05, 0) is 91.7 Å². The number of rotatable bonds is 6. The van der Waals surface area contributed by atoms with Crippen molar-refractivity contribution in [1.82, 2.24) is 0 Å². The van der Waals surface area contributed by atoms with E-state index in [1.54, 1.807) is 0 Å². The first-order valence-electron chi connectivity index (χ1n) is 16.6. The molecule has 0 atom stereocenters. The molecule has 0 saturated heterocycles. The minimum atomic E-state index is -0.412. The third kappa shape index (κ3) is 4.40. The van der Waals surface area contributed by atoms with E-state index in [4.69, 9.17) is 0 Å². The molecule has 1 aliphatic rings. The molecule has 226 valence electrons. The van der Waals surface area contributed by atoms with Gasteiger partial charge in [0.25, 0.3) is 0 Å². The maximum atomic E-state index is 2.35. The normalized spacial score (nSPS) is 12.8. The molecule has 0 aliphatic heterocycles. The minimum absolute atomic E-state index is 0.412. The lowest BCUT2D eigenvalue weighted by molar-refractivity contribution is 0.768. The second-order valence-electron chi connectivity index (χ2n) is 12.5. The number of nitrogens with zero attached hydrogens (tertiary/aromatic N) is 1. The van der Waals surface area contributed by atoms with Crippen molar-refractivity contribution >= 4 is 27.8 Å². The summed E-state index contributed by atoms with van der Waals surface area (Å²) in [5.74, 6) is 0. The highest BCUT2D eigenvalue weighted by molar-refractivity contribution is 5.97. The van der Waals surface area contributed by atoms with E-state index < -0.39 is 5.41 Å². The average molecular weight is 612 g/mol. The zero-order valence-corrected chi connectivity index (χ0v) is 26.5. The molecule has 0 N–H and O–H groups in total. The van der Waals surface area contributed by atoms with E-state index in [0.29, 0.717) is 0 Å². The van der Waals surface area contributed by atoms with E-state index >= 15 is 0 Å². The molecular formula is C47H33N. The molecular weight excluding hydrogens is 579 g/mol. The highest BCUT2D eigenvalue weighted by Gasteiger charge is 2.45. The maximum Gasteiger partial charge on any atom is 0.0713 e. The summed E-state index contributed by atoms with van der Waals surface area (Å²) in [7, 11) is 0. The van der Waals surface area contributed by atoms with Crippen LogP contribution in [0.4, 0.5) is 17.1 Å². The summed E-state index contributed by atoms with van der Waals surface area (Å²) in [6.45, 7) is 0. The molecule has 0 heterocycles. The number of para-hydroxylation sites is 1. The first-order valence-corrected chi connectivity index (χ1v) is 16.6. The van der Waals surface area contributed by atoms with Gasteiger partial charge in [-0.25, -0.2) is 0 Å². The van der Waals surface area contributed by atoms with Crippen molar-refractivity contribution in [3.05, 3.63) is 222 Å². The molecule has 0 unspecified atom stereocenters. The molecule has 0 bridgehead atoms. The fourth-order valence-corrected chi connectivity index (χ4v) is 7.86. The highest BCUT2D eigenvalue weighted by atomic mass is 15.1. The molecule has 8 aromatic rings. The Bertz CT molecular complexity index is 2320. The Hall–Kier alpha value is -6.18. The van der Waals surface area contributed by atoms with E-state index in [1.165, 1.54) is 55.3 Å². The van der Waals surface area contributed by atoms with E-state index in [9.17, 15) is 0 Å². The Labute approximate surface area is 282 Å². The monoisotopic (exact) mass is 611 g/mol. The van der Waals surface area contributed by atoms with Crippen molar-refractivity contribution in [3.8, 4) is 22.3 Å². The van der Waals surface area contributed by atoms with E-state index in [0.717, 1.165) is 17.1 Å². The quantitative estimate of drug-likeness (QED) is 0.181. The Kier molecular flexibility index (Phi) is 6.76. The van der Waals surface area contributed by atoms with E-state index in [1.807, 2.05) is 0 Å². The number of fused-ring (bicyclic) bond motifs is 4. The molecule has 1 nitrogen and oxygen atoms in total. The highest BCUT2D eigenvalue weighted by Crippen LogP contribution is 2.56. The predicted molar refractivity (Wildman–Crippen MR) is 201 cm³/mol. The fourth-order valence-electron chi connectivity index (χ4n) is 7.86.